The number of ether oxygens (including phenoxy) is 1. The Morgan fingerprint density at radius 2 is 1.95 bits per heavy atom. The van der Waals surface area contributed by atoms with E-state index in [1.165, 1.54) is 23.4 Å². The fourth-order valence-corrected chi connectivity index (χ4v) is 4.20. The van der Waals surface area contributed by atoms with Crippen LogP contribution in [0.5, 0.6) is 11.5 Å². The van der Waals surface area contributed by atoms with Crippen LogP contribution in [0.15, 0.2) is 61.1 Å². The van der Waals surface area contributed by atoms with Crippen molar-refractivity contribution in [2.24, 2.45) is 0 Å². The van der Waals surface area contributed by atoms with E-state index < -0.39 is 11.7 Å². The van der Waals surface area contributed by atoms with Crippen LogP contribution in [0.4, 0.5) is 24.7 Å². The quantitative estimate of drug-likeness (QED) is 0.248. The second kappa shape index (κ2) is 12.4. The molecular weight excluding hydrogens is 533 g/mol. The third-order valence-corrected chi connectivity index (χ3v) is 6.18. The van der Waals surface area contributed by atoms with E-state index in [1.54, 1.807) is 18.2 Å². The van der Waals surface area contributed by atoms with E-state index in [0.29, 0.717) is 31.0 Å². The van der Waals surface area contributed by atoms with E-state index in [4.69, 9.17) is 16.3 Å². The third kappa shape index (κ3) is 7.61. The van der Waals surface area contributed by atoms with Gasteiger partial charge in [0.25, 0.3) is 0 Å². The van der Waals surface area contributed by atoms with E-state index in [0.717, 1.165) is 36.1 Å². The minimum atomic E-state index is -4.48. The zero-order chi connectivity index (χ0) is 28.0. The summed E-state index contributed by atoms with van der Waals surface area (Å²) in [7, 11) is 4.11. The first-order valence-electron chi connectivity index (χ1n) is 12.4. The zero-order valence-electron chi connectivity index (χ0n) is 21.5. The van der Waals surface area contributed by atoms with Crippen LogP contribution in [0, 0.1) is 0 Å². The van der Waals surface area contributed by atoms with E-state index in [9.17, 15) is 18.0 Å². The number of carbonyl (C=O) groups excluding carboxylic acids is 1. The van der Waals surface area contributed by atoms with Gasteiger partial charge in [0.05, 0.1) is 36.7 Å². The number of nitrogens with zero attached hydrogens (tertiary/aromatic N) is 3. The fourth-order valence-electron chi connectivity index (χ4n) is 3.98. The normalized spacial score (nSPS) is 11.7. The Bertz CT molecular complexity index is 1440. The molecule has 8 nitrogen and oxygen atoms in total. The number of quaternary nitrogens is 1. The Morgan fingerprint density at radius 3 is 2.69 bits per heavy atom. The maximum absolute atomic E-state index is 13.0. The molecule has 2 heterocycles. The summed E-state index contributed by atoms with van der Waals surface area (Å²) in [4.78, 5) is 22.1. The van der Waals surface area contributed by atoms with Crippen LogP contribution >= 0.6 is 11.6 Å². The number of amides is 1. The molecule has 4 rings (SSSR count). The van der Waals surface area contributed by atoms with Crippen molar-refractivity contribution in [3.63, 3.8) is 0 Å². The van der Waals surface area contributed by atoms with Gasteiger partial charge < -0.3 is 24.8 Å². The summed E-state index contributed by atoms with van der Waals surface area (Å²) in [5, 5.41) is 6.38. The average Bonchev–Trinajstić information content (AvgIpc) is 3.29. The van der Waals surface area contributed by atoms with Crippen LogP contribution in [0.3, 0.4) is 0 Å². The summed E-state index contributed by atoms with van der Waals surface area (Å²) >= 11 is 6.39. The lowest BCUT2D eigenvalue weighted by Crippen LogP contribution is -3.05. The molecule has 206 valence electrons. The highest BCUT2D eigenvalue weighted by Crippen LogP contribution is 2.36. The molecule has 0 spiro atoms. The first kappa shape index (κ1) is 28.2. The summed E-state index contributed by atoms with van der Waals surface area (Å²) in [6.45, 7) is 1.92. The standard InChI is InChI=1S/C27H28ClF3N6O2/c1-36(2)12-4-7-24(38)32-11-14-37-13-10-22-25(37)26(34-17-33-22)35-19-8-9-23(21(28)16-19)39-20-6-3-5-18(15-20)27(29,30)31/h3,5-6,8-10,13,15-17H,4,7,11-12,14H2,1-2H3,(H,32,38)(H,33,34,35)/p+1. The number of anilines is 2. The van der Waals surface area contributed by atoms with Crippen LogP contribution < -0.4 is 20.3 Å². The van der Waals surface area contributed by atoms with Gasteiger partial charge in [0.15, 0.2) is 5.82 Å². The van der Waals surface area contributed by atoms with Crippen molar-refractivity contribution in [2.75, 3.05) is 32.5 Å². The number of hydrogen-bond donors (Lipinski definition) is 3. The lowest BCUT2D eigenvalue weighted by Gasteiger charge is -2.13. The van der Waals surface area contributed by atoms with Crippen molar-refractivity contribution < 1.29 is 27.6 Å². The van der Waals surface area contributed by atoms with Crippen LogP contribution in [0.25, 0.3) is 11.0 Å². The SMILES string of the molecule is C[NH+](C)CCCC(=O)NCCn1ccc2ncnc(Nc3ccc(Oc4cccc(C(F)(F)F)c4)c(Cl)c3)c21. The van der Waals surface area contributed by atoms with E-state index >= 15 is 0 Å². The largest absolute Gasteiger partial charge is 0.456 e. The molecule has 0 fully saturated rings. The van der Waals surface area contributed by atoms with Gasteiger partial charge in [-0.15, -0.1) is 0 Å². The molecule has 1 amide bonds. The fraction of sp³-hybridized carbons (Fsp3) is 0.296. The van der Waals surface area contributed by atoms with Crippen molar-refractivity contribution in [1.29, 1.82) is 0 Å². The molecule has 0 aliphatic heterocycles. The van der Waals surface area contributed by atoms with Gasteiger partial charge in [0, 0.05) is 37.8 Å². The van der Waals surface area contributed by atoms with Gasteiger partial charge in [-0.2, -0.15) is 13.2 Å². The smallest absolute Gasteiger partial charge is 0.416 e. The van der Waals surface area contributed by atoms with E-state index in [1.807, 2.05) is 16.8 Å². The number of nitrogens with one attached hydrogen (secondary N) is 3. The molecule has 0 atom stereocenters. The Kier molecular flexibility index (Phi) is 8.93. The van der Waals surface area contributed by atoms with Gasteiger partial charge >= 0.3 is 6.18 Å². The zero-order valence-corrected chi connectivity index (χ0v) is 22.2. The molecule has 0 bridgehead atoms. The monoisotopic (exact) mass is 561 g/mol. The van der Waals surface area contributed by atoms with Crippen molar-refractivity contribution in [3.05, 3.63) is 71.6 Å². The van der Waals surface area contributed by atoms with Crippen molar-refractivity contribution >= 4 is 40.0 Å². The molecule has 2 aromatic heterocycles. The molecule has 0 aliphatic carbocycles. The van der Waals surface area contributed by atoms with Crippen LogP contribution in [0.2, 0.25) is 5.02 Å². The Labute approximate surface area is 228 Å². The van der Waals surface area contributed by atoms with Crippen LogP contribution in [-0.4, -0.2) is 47.6 Å². The number of aromatic nitrogens is 3. The van der Waals surface area contributed by atoms with Crippen molar-refractivity contribution in [3.8, 4) is 11.5 Å². The summed E-state index contributed by atoms with van der Waals surface area (Å²) in [5.41, 5.74) is 1.27. The predicted molar refractivity (Wildman–Crippen MR) is 144 cm³/mol. The lowest BCUT2D eigenvalue weighted by molar-refractivity contribution is -0.858. The first-order valence-corrected chi connectivity index (χ1v) is 12.7. The molecule has 0 saturated heterocycles. The second-order valence-electron chi connectivity index (χ2n) is 9.27. The van der Waals surface area contributed by atoms with Crippen LogP contribution in [0.1, 0.15) is 18.4 Å². The number of fused-ring (bicyclic) bond motifs is 1. The van der Waals surface area contributed by atoms with Gasteiger partial charge in [-0.3, -0.25) is 4.79 Å². The molecule has 0 saturated carbocycles. The predicted octanol–water partition coefficient (Wildman–Crippen LogP) is 4.68. The minimum Gasteiger partial charge on any atom is -0.456 e. The molecule has 12 heteroatoms. The molecule has 2 aromatic carbocycles. The van der Waals surface area contributed by atoms with Gasteiger partial charge in [-0.05, 0) is 42.5 Å². The molecule has 0 unspecified atom stereocenters. The second-order valence-corrected chi connectivity index (χ2v) is 9.68. The molecule has 39 heavy (non-hydrogen) atoms. The summed E-state index contributed by atoms with van der Waals surface area (Å²) < 4.78 is 46.6. The Balaban J connectivity index is 1.43. The highest BCUT2D eigenvalue weighted by molar-refractivity contribution is 6.32. The van der Waals surface area contributed by atoms with Crippen molar-refractivity contribution in [2.45, 2.75) is 25.6 Å². The summed E-state index contributed by atoms with van der Waals surface area (Å²) in [6, 6.07) is 11.3. The Morgan fingerprint density at radius 1 is 1.13 bits per heavy atom. The third-order valence-electron chi connectivity index (χ3n) is 5.89. The van der Waals surface area contributed by atoms with Crippen molar-refractivity contribution in [1.82, 2.24) is 19.9 Å². The number of carbonyl (C=O) groups is 1. The van der Waals surface area contributed by atoms with Gasteiger partial charge in [-0.25, -0.2) is 9.97 Å². The number of halogens is 4. The molecule has 0 radical (unpaired) electrons. The average molecular weight is 562 g/mol. The van der Waals surface area contributed by atoms with Gasteiger partial charge in [0.2, 0.25) is 5.91 Å². The number of hydrogen-bond acceptors (Lipinski definition) is 5. The molecule has 3 N–H and O–H groups in total. The van der Waals surface area contributed by atoms with E-state index in [-0.39, 0.29) is 22.4 Å². The molecule has 0 aliphatic rings. The number of rotatable bonds is 11. The molecular formula is C27H29ClF3N6O2+. The van der Waals surface area contributed by atoms with E-state index in [2.05, 4.69) is 34.7 Å². The number of benzene rings is 2. The maximum Gasteiger partial charge on any atom is 0.416 e. The highest BCUT2D eigenvalue weighted by atomic mass is 35.5. The van der Waals surface area contributed by atoms with Gasteiger partial charge in [-0.1, -0.05) is 17.7 Å². The molecule has 4 aromatic rings. The van der Waals surface area contributed by atoms with Gasteiger partial charge in [0.1, 0.15) is 23.3 Å². The first-order chi connectivity index (χ1) is 18.6. The Hall–Kier alpha value is -3.83. The highest BCUT2D eigenvalue weighted by Gasteiger charge is 2.30. The van der Waals surface area contributed by atoms with Crippen LogP contribution in [-0.2, 0) is 17.5 Å². The number of alkyl halides is 3. The topological polar surface area (TPSA) is 85.5 Å². The minimum absolute atomic E-state index is 0.0180. The maximum atomic E-state index is 13.0. The lowest BCUT2D eigenvalue weighted by atomic mass is 10.2. The summed E-state index contributed by atoms with van der Waals surface area (Å²) in [6.07, 6.45) is 0.160. The summed E-state index contributed by atoms with van der Waals surface area (Å²) in [5.74, 6) is 0.784.